The number of benzene rings is 3. The number of carbonyl (C=O) groups excluding carboxylic acids is 2. The van der Waals surface area contributed by atoms with Crippen LogP contribution in [0.25, 0.3) is 16.5 Å². The third kappa shape index (κ3) is 5.55. The number of halogens is 2. The van der Waals surface area contributed by atoms with Gasteiger partial charge in [0.25, 0.3) is 5.56 Å². The molecule has 4 aromatic rings. The number of pyridine rings is 1. The second-order valence-corrected chi connectivity index (χ2v) is 10.4. The van der Waals surface area contributed by atoms with E-state index in [1.807, 2.05) is 4.90 Å². The number of rotatable bonds is 7. The SMILES string of the molecule is O=C1CN(Cc2c(OC(=O)N[C@H](c3cccc(F)c3)C3CC3)c3cccc(F)c3c(=O)n2-c2ccccc2)CCN1. The number of piperazine rings is 1. The first-order valence-corrected chi connectivity index (χ1v) is 13.5. The van der Waals surface area contributed by atoms with Gasteiger partial charge >= 0.3 is 6.09 Å². The molecule has 2 fully saturated rings. The normalized spacial score (nSPS) is 16.3. The van der Waals surface area contributed by atoms with Crippen molar-refractivity contribution >= 4 is 22.8 Å². The van der Waals surface area contributed by atoms with Crippen molar-refractivity contribution in [1.82, 2.24) is 20.1 Å². The Morgan fingerprint density at radius 2 is 1.80 bits per heavy atom. The van der Waals surface area contributed by atoms with Crippen LogP contribution < -0.4 is 20.9 Å². The zero-order valence-electron chi connectivity index (χ0n) is 22.1. The fourth-order valence-corrected chi connectivity index (χ4v) is 5.42. The lowest BCUT2D eigenvalue weighted by molar-refractivity contribution is -0.124. The standard InChI is InChI=1S/C31H28F2N4O4/c32-21-7-4-6-20(16-21)28(19-12-13-19)35-31(40)41-29-23-10-5-11-24(33)27(23)30(39)37(22-8-2-1-3-9-22)25(29)17-36-15-14-34-26(38)18-36/h1-11,16,19,28H,12-15,17-18H2,(H,34,38)(H,35,40)/t28-/m0/s1. The fraction of sp³-hybridized carbons (Fsp3) is 0.258. The van der Waals surface area contributed by atoms with Gasteiger partial charge in [0.2, 0.25) is 5.91 Å². The summed E-state index contributed by atoms with van der Waals surface area (Å²) in [6, 6.07) is 18.5. The molecule has 1 aliphatic heterocycles. The van der Waals surface area contributed by atoms with Crippen molar-refractivity contribution in [1.29, 1.82) is 0 Å². The highest BCUT2D eigenvalue weighted by Crippen LogP contribution is 2.41. The highest BCUT2D eigenvalue weighted by molar-refractivity contribution is 5.91. The molecule has 1 saturated carbocycles. The Morgan fingerprint density at radius 1 is 1.02 bits per heavy atom. The molecule has 210 valence electrons. The molecule has 1 atom stereocenters. The lowest BCUT2D eigenvalue weighted by Crippen LogP contribution is -2.47. The molecule has 1 aliphatic carbocycles. The molecule has 1 saturated heterocycles. The van der Waals surface area contributed by atoms with Gasteiger partial charge in [-0.15, -0.1) is 0 Å². The minimum absolute atomic E-state index is 0.0141. The number of nitrogens with zero attached hydrogens (tertiary/aromatic N) is 2. The van der Waals surface area contributed by atoms with E-state index in [1.54, 1.807) is 42.5 Å². The molecule has 2 aliphatic rings. The number of hydrogen-bond donors (Lipinski definition) is 2. The molecule has 6 rings (SSSR count). The molecule has 0 radical (unpaired) electrons. The Labute approximate surface area is 234 Å². The number of aromatic nitrogens is 1. The maximum absolute atomic E-state index is 15.2. The first kappa shape index (κ1) is 26.6. The molecule has 1 aromatic heterocycles. The average Bonchev–Trinajstić information content (AvgIpc) is 3.80. The topological polar surface area (TPSA) is 92.7 Å². The number of nitrogens with one attached hydrogen (secondary N) is 2. The minimum atomic E-state index is -0.812. The van der Waals surface area contributed by atoms with E-state index in [2.05, 4.69) is 10.6 Å². The van der Waals surface area contributed by atoms with E-state index in [-0.39, 0.29) is 41.4 Å². The highest BCUT2D eigenvalue weighted by Gasteiger charge is 2.35. The van der Waals surface area contributed by atoms with Crippen molar-refractivity contribution in [2.45, 2.75) is 25.4 Å². The first-order valence-electron chi connectivity index (χ1n) is 13.5. The van der Waals surface area contributed by atoms with E-state index in [1.165, 1.54) is 34.9 Å². The van der Waals surface area contributed by atoms with Gasteiger partial charge in [-0.3, -0.25) is 19.1 Å². The van der Waals surface area contributed by atoms with Crippen LogP contribution in [0.4, 0.5) is 13.6 Å². The molecule has 8 nitrogen and oxygen atoms in total. The third-order valence-corrected chi connectivity index (χ3v) is 7.48. The van der Waals surface area contributed by atoms with Crippen LogP contribution in [0, 0.1) is 17.6 Å². The number of para-hydroxylation sites is 1. The smallest absolute Gasteiger partial charge is 0.408 e. The Balaban J connectivity index is 1.47. The van der Waals surface area contributed by atoms with Crippen molar-refractivity contribution in [3.63, 3.8) is 0 Å². The van der Waals surface area contributed by atoms with Gasteiger partial charge in [-0.05, 0) is 54.7 Å². The van der Waals surface area contributed by atoms with Crippen LogP contribution in [0.15, 0.2) is 77.6 Å². The zero-order chi connectivity index (χ0) is 28.5. The molecule has 0 unspecified atom stereocenters. The summed E-state index contributed by atoms with van der Waals surface area (Å²) in [4.78, 5) is 41.3. The number of carbonyl (C=O) groups is 2. The molecule has 2 amide bonds. The van der Waals surface area contributed by atoms with Crippen LogP contribution >= 0.6 is 0 Å². The van der Waals surface area contributed by atoms with Crippen molar-refractivity contribution < 1.29 is 23.1 Å². The van der Waals surface area contributed by atoms with Crippen LogP contribution in [0.5, 0.6) is 5.75 Å². The van der Waals surface area contributed by atoms with Crippen LogP contribution in [0.2, 0.25) is 0 Å². The average molecular weight is 559 g/mol. The summed E-state index contributed by atoms with van der Waals surface area (Å²) < 4.78 is 36.5. The lowest BCUT2D eigenvalue weighted by Gasteiger charge is -2.29. The van der Waals surface area contributed by atoms with Crippen molar-refractivity contribution in [2.75, 3.05) is 19.6 Å². The maximum atomic E-state index is 15.2. The van der Waals surface area contributed by atoms with E-state index in [4.69, 9.17) is 4.74 Å². The number of ether oxygens (including phenoxy) is 1. The van der Waals surface area contributed by atoms with Gasteiger partial charge < -0.3 is 15.4 Å². The summed E-state index contributed by atoms with van der Waals surface area (Å²) in [5.41, 5.74) is 0.774. The summed E-state index contributed by atoms with van der Waals surface area (Å²) >= 11 is 0. The Hall–Kier alpha value is -4.57. The Morgan fingerprint density at radius 3 is 2.54 bits per heavy atom. The van der Waals surface area contributed by atoms with E-state index in [9.17, 15) is 18.8 Å². The van der Waals surface area contributed by atoms with Gasteiger partial charge in [0.05, 0.1) is 23.7 Å². The van der Waals surface area contributed by atoms with Gasteiger partial charge in [-0.25, -0.2) is 13.6 Å². The van der Waals surface area contributed by atoms with E-state index >= 15 is 4.39 Å². The molecule has 2 N–H and O–H groups in total. The monoisotopic (exact) mass is 558 g/mol. The number of hydrogen-bond acceptors (Lipinski definition) is 5. The molecule has 0 bridgehead atoms. The molecule has 41 heavy (non-hydrogen) atoms. The Bertz CT molecular complexity index is 1690. The lowest BCUT2D eigenvalue weighted by atomic mass is 10.0. The number of amides is 2. The predicted molar refractivity (Wildman–Crippen MR) is 149 cm³/mol. The summed E-state index contributed by atoms with van der Waals surface area (Å²) in [6.07, 6.45) is 0.931. The second-order valence-electron chi connectivity index (χ2n) is 10.4. The van der Waals surface area contributed by atoms with E-state index < -0.39 is 29.3 Å². The molecular weight excluding hydrogens is 530 g/mol. The first-order chi connectivity index (χ1) is 19.9. The molecule has 2 heterocycles. The Kier molecular flexibility index (Phi) is 7.23. The molecule has 0 spiro atoms. The van der Waals surface area contributed by atoms with Gasteiger partial charge in [0.1, 0.15) is 11.6 Å². The van der Waals surface area contributed by atoms with Crippen molar-refractivity contribution in [3.05, 3.63) is 106 Å². The van der Waals surface area contributed by atoms with Crippen molar-refractivity contribution in [3.8, 4) is 11.4 Å². The van der Waals surface area contributed by atoms with Crippen LogP contribution in [0.3, 0.4) is 0 Å². The molecule has 3 aromatic carbocycles. The van der Waals surface area contributed by atoms with Crippen molar-refractivity contribution in [2.24, 2.45) is 5.92 Å². The predicted octanol–water partition coefficient (Wildman–Crippen LogP) is 4.44. The quantitative estimate of drug-likeness (QED) is 0.350. The summed E-state index contributed by atoms with van der Waals surface area (Å²) in [5.74, 6) is -1.18. The van der Waals surface area contributed by atoms with Crippen LogP contribution in [0.1, 0.15) is 30.1 Å². The van der Waals surface area contributed by atoms with E-state index in [0.29, 0.717) is 30.0 Å². The summed E-state index contributed by atoms with van der Waals surface area (Å²) in [7, 11) is 0. The molecule has 10 heteroatoms. The van der Waals surface area contributed by atoms with Gasteiger partial charge in [-0.1, -0.05) is 42.5 Å². The largest absolute Gasteiger partial charge is 0.413 e. The zero-order valence-corrected chi connectivity index (χ0v) is 22.1. The number of fused-ring (bicyclic) bond motifs is 1. The second kappa shape index (κ2) is 11.1. The van der Waals surface area contributed by atoms with E-state index in [0.717, 1.165) is 12.8 Å². The van der Waals surface area contributed by atoms with Gasteiger partial charge in [-0.2, -0.15) is 0 Å². The van der Waals surface area contributed by atoms with Gasteiger partial charge in [0, 0.05) is 30.7 Å². The highest BCUT2D eigenvalue weighted by atomic mass is 19.1. The maximum Gasteiger partial charge on any atom is 0.413 e. The van der Waals surface area contributed by atoms with Crippen LogP contribution in [-0.4, -0.2) is 41.1 Å². The van der Waals surface area contributed by atoms with Gasteiger partial charge in [0.15, 0.2) is 5.75 Å². The van der Waals surface area contributed by atoms with Crippen LogP contribution in [-0.2, 0) is 11.3 Å². The minimum Gasteiger partial charge on any atom is -0.408 e. The fourth-order valence-electron chi connectivity index (χ4n) is 5.42. The summed E-state index contributed by atoms with van der Waals surface area (Å²) in [5, 5.41) is 5.57. The summed E-state index contributed by atoms with van der Waals surface area (Å²) in [6.45, 7) is 1.09. The third-order valence-electron chi connectivity index (χ3n) is 7.48. The molecular formula is C31H28F2N4O4.